The summed E-state index contributed by atoms with van der Waals surface area (Å²) < 4.78 is 34.0. The summed E-state index contributed by atoms with van der Waals surface area (Å²) in [5.74, 6) is -1.59. The number of phosphoric ester groups is 1. The molecule has 1 rings (SSSR count). The summed E-state index contributed by atoms with van der Waals surface area (Å²) in [5.41, 5.74) is 0. The van der Waals surface area contributed by atoms with Gasteiger partial charge in [0.1, 0.15) is 25.5 Å². The molecule has 2 N–H and O–H groups in total. The molecule has 0 aliphatic heterocycles. The van der Waals surface area contributed by atoms with E-state index in [0.29, 0.717) is 43.1 Å². The maximum absolute atomic E-state index is 12.8. The standard InChI is InChI=1S/C50H90NO11P/c1-6-8-10-11-12-13-14-15-16-17-18-19-20-21-22-23-24-25-30-34-49(55)59-41-44(42-61-63(57,58)60-39-38-51(3,4)5)62-50(56)35-31-27-26-29-33-45-46(48(54)40-47(45)53)37-36-43(52)32-28-9-7-2/h12-13,15-16,36-37,43-47,52-53H,6-11,14,17-35,38-42H2,1-5H3/b13-12-,16-15-,37-36+/t43-,44+,45+,46+,47-/m0/s1. The molecule has 0 heterocycles. The highest BCUT2D eigenvalue weighted by atomic mass is 31.2. The van der Waals surface area contributed by atoms with E-state index in [9.17, 15) is 34.1 Å². The first-order chi connectivity index (χ1) is 30.2. The van der Waals surface area contributed by atoms with Gasteiger partial charge in [0, 0.05) is 25.2 Å². The minimum Gasteiger partial charge on any atom is -0.756 e. The SMILES string of the molecule is CCCCC/C=C\C/C=C\CCCCCCCCCCCC(=O)OC[C@H](COP(=O)([O-])OCC[N+](C)(C)C)OC(=O)CCCCCC[C@H]1[C@@H](O)CC(=O)[C@@H]1/C=C/[C@@H](O)CCCCC. The van der Waals surface area contributed by atoms with Gasteiger partial charge in [-0.15, -0.1) is 0 Å². The topological polar surface area (TPSA) is 169 Å². The van der Waals surface area contributed by atoms with Gasteiger partial charge < -0.3 is 38.1 Å². The number of likely N-dealkylation sites (N-methyl/N-ethyl adjacent to an activating group) is 1. The van der Waals surface area contributed by atoms with Gasteiger partial charge in [-0.3, -0.25) is 18.9 Å². The van der Waals surface area contributed by atoms with Crippen molar-refractivity contribution in [1.29, 1.82) is 0 Å². The summed E-state index contributed by atoms with van der Waals surface area (Å²) >= 11 is 0. The number of ketones is 1. The van der Waals surface area contributed by atoms with Crippen LogP contribution in [-0.2, 0) is 37.5 Å². The molecule has 1 unspecified atom stereocenters. The molecule has 1 saturated carbocycles. The van der Waals surface area contributed by atoms with Crippen molar-refractivity contribution in [3.63, 3.8) is 0 Å². The van der Waals surface area contributed by atoms with Gasteiger partial charge in [-0.2, -0.15) is 0 Å². The van der Waals surface area contributed by atoms with Crippen LogP contribution in [0.4, 0.5) is 0 Å². The summed E-state index contributed by atoms with van der Waals surface area (Å²) in [6.07, 6.45) is 35.0. The number of nitrogens with zero attached hydrogens (tertiary/aromatic N) is 1. The fourth-order valence-corrected chi connectivity index (χ4v) is 8.32. The molecule has 0 spiro atoms. The van der Waals surface area contributed by atoms with Crippen LogP contribution < -0.4 is 4.89 Å². The number of aliphatic hydroxyl groups is 2. The van der Waals surface area contributed by atoms with E-state index in [0.717, 1.165) is 64.2 Å². The Morgan fingerprint density at radius 1 is 0.762 bits per heavy atom. The smallest absolute Gasteiger partial charge is 0.306 e. The third-order valence-corrected chi connectivity index (χ3v) is 12.5. The zero-order valence-corrected chi connectivity index (χ0v) is 41.1. The minimum atomic E-state index is -4.70. The number of allylic oxidation sites excluding steroid dienone is 5. The Morgan fingerprint density at radius 2 is 1.32 bits per heavy atom. The molecule has 13 heteroatoms. The normalized spacial score (nSPS) is 19.0. The predicted octanol–water partition coefficient (Wildman–Crippen LogP) is 10.4. The number of hydrogen-bond donors (Lipinski definition) is 2. The van der Waals surface area contributed by atoms with E-state index in [4.69, 9.17) is 18.5 Å². The number of quaternary nitrogens is 1. The van der Waals surface area contributed by atoms with Crippen LogP contribution in [0.5, 0.6) is 0 Å². The van der Waals surface area contributed by atoms with Crippen molar-refractivity contribution in [1.82, 2.24) is 0 Å². The number of rotatable bonds is 41. The Morgan fingerprint density at radius 3 is 1.94 bits per heavy atom. The molecule has 0 aromatic rings. The average molecular weight is 912 g/mol. The lowest BCUT2D eigenvalue weighted by molar-refractivity contribution is -0.870. The molecule has 0 aromatic heterocycles. The highest BCUT2D eigenvalue weighted by Crippen LogP contribution is 2.38. The van der Waals surface area contributed by atoms with Gasteiger partial charge in [0.2, 0.25) is 0 Å². The van der Waals surface area contributed by atoms with Crippen LogP contribution in [-0.4, -0.2) is 98.2 Å². The number of esters is 2. The Labute approximate surface area is 382 Å². The molecule has 0 aromatic carbocycles. The number of ether oxygens (including phenoxy) is 2. The van der Waals surface area contributed by atoms with Crippen LogP contribution in [0.25, 0.3) is 0 Å². The molecule has 12 nitrogen and oxygen atoms in total. The van der Waals surface area contributed by atoms with Crippen LogP contribution in [0.1, 0.15) is 187 Å². The molecular weight excluding hydrogens is 822 g/mol. The molecule has 1 fully saturated rings. The van der Waals surface area contributed by atoms with Gasteiger partial charge in [0.15, 0.2) is 6.10 Å². The zero-order chi connectivity index (χ0) is 46.6. The summed E-state index contributed by atoms with van der Waals surface area (Å²) in [4.78, 5) is 50.5. The van der Waals surface area contributed by atoms with Gasteiger partial charge in [-0.05, 0) is 63.7 Å². The highest BCUT2D eigenvalue weighted by molar-refractivity contribution is 7.45. The molecule has 0 bridgehead atoms. The maximum atomic E-state index is 12.8. The van der Waals surface area contributed by atoms with Crippen molar-refractivity contribution in [3.05, 3.63) is 36.5 Å². The molecule has 63 heavy (non-hydrogen) atoms. The lowest BCUT2D eigenvalue weighted by atomic mass is 9.88. The summed E-state index contributed by atoms with van der Waals surface area (Å²) in [5, 5.41) is 20.8. The van der Waals surface area contributed by atoms with Crippen molar-refractivity contribution >= 4 is 25.5 Å². The van der Waals surface area contributed by atoms with Gasteiger partial charge in [-0.25, -0.2) is 0 Å². The van der Waals surface area contributed by atoms with Crippen LogP contribution in [0.3, 0.4) is 0 Å². The molecule has 0 amide bonds. The maximum Gasteiger partial charge on any atom is 0.306 e. The third-order valence-electron chi connectivity index (χ3n) is 11.5. The van der Waals surface area contributed by atoms with E-state index in [1.807, 2.05) is 21.1 Å². The van der Waals surface area contributed by atoms with E-state index in [1.165, 1.54) is 57.8 Å². The fraction of sp³-hybridized carbons (Fsp3) is 0.820. The Hall–Kier alpha value is -2.18. The molecule has 1 aliphatic rings. The van der Waals surface area contributed by atoms with E-state index < -0.39 is 50.6 Å². The lowest BCUT2D eigenvalue weighted by Gasteiger charge is -2.28. The number of aliphatic hydroxyl groups excluding tert-OH is 2. The van der Waals surface area contributed by atoms with E-state index in [1.54, 1.807) is 12.2 Å². The van der Waals surface area contributed by atoms with Crippen LogP contribution >= 0.6 is 7.82 Å². The Balaban J connectivity index is 2.41. The van der Waals surface area contributed by atoms with Gasteiger partial charge in [-0.1, -0.05) is 147 Å². The first kappa shape index (κ1) is 58.8. The monoisotopic (exact) mass is 912 g/mol. The van der Waals surface area contributed by atoms with Gasteiger partial charge in [0.05, 0.1) is 40.0 Å². The second-order valence-electron chi connectivity index (χ2n) is 18.6. The van der Waals surface area contributed by atoms with Crippen LogP contribution in [0.15, 0.2) is 36.5 Å². The first-order valence-corrected chi connectivity index (χ1v) is 26.3. The van der Waals surface area contributed by atoms with E-state index in [-0.39, 0.29) is 44.2 Å². The van der Waals surface area contributed by atoms with E-state index >= 15 is 0 Å². The predicted molar refractivity (Wildman–Crippen MR) is 251 cm³/mol. The number of unbranched alkanes of at least 4 members (excludes halogenated alkanes) is 17. The molecule has 0 radical (unpaired) electrons. The van der Waals surface area contributed by atoms with Crippen molar-refractivity contribution in [2.45, 2.75) is 206 Å². The van der Waals surface area contributed by atoms with Crippen molar-refractivity contribution in [3.8, 4) is 0 Å². The fourth-order valence-electron chi connectivity index (χ4n) is 7.59. The Bertz CT molecular complexity index is 1330. The molecular formula is C50H90NO11P. The quantitative estimate of drug-likeness (QED) is 0.0197. The zero-order valence-electron chi connectivity index (χ0n) is 40.2. The molecule has 1 aliphatic carbocycles. The number of phosphoric acid groups is 1. The lowest BCUT2D eigenvalue weighted by Crippen LogP contribution is -2.37. The van der Waals surface area contributed by atoms with Crippen molar-refractivity contribution < 1.29 is 57.1 Å². The highest BCUT2D eigenvalue weighted by Gasteiger charge is 2.39. The molecule has 6 atom stereocenters. The van der Waals surface area contributed by atoms with E-state index in [2.05, 4.69) is 38.2 Å². The number of hydrogen-bond acceptors (Lipinski definition) is 11. The second-order valence-corrected chi connectivity index (χ2v) is 20.0. The van der Waals surface area contributed by atoms with Crippen molar-refractivity contribution in [2.75, 3.05) is 47.5 Å². The van der Waals surface area contributed by atoms with Gasteiger partial charge >= 0.3 is 11.9 Å². The largest absolute Gasteiger partial charge is 0.756 e. The number of Topliss-reactive ketones (excluding diaryl/α,β-unsaturated/α-hetero) is 1. The third kappa shape index (κ3) is 33.9. The summed E-state index contributed by atoms with van der Waals surface area (Å²) in [6, 6.07) is 0. The first-order valence-electron chi connectivity index (χ1n) is 24.8. The molecule has 0 saturated heterocycles. The number of carbonyl (C=O) groups is 3. The van der Waals surface area contributed by atoms with Crippen molar-refractivity contribution in [2.24, 2.45) is 11.8 Å². The summed E-state index contributed by atoms with van der Waals surface area (Å²) in [6.45, 7) is 3.83. The Kier molecular flexibility index (Phi) is 34.5. The van der Waals surface area contributed by atoms with Gasteiger partial charge in [0.25, 0.3) is 7.82 Å². The second kappa shape index (κ2) is 37.0. The number of carbonyl (C=O) groups excluding carboxylic acids is 3. The minimum absolute atomic E-state index is 0.00123. The van der Waals surface area contributed by atoms with Crippen LogP contribution in [0, 0.1) is 11.8 Å². The molecule has 366 valence electrons. The average Bonchev–Trinajstić information content (AvgIpc) is 3.50. The van der Waals surface area contributed by atoms with Crippen LogP contribution in [0.2, 0.25) is 0 Å². The summed E-state index contributed by atoms with van der Waals surface area (Å²) in [7, 11) is 1.02.